The van der Waals surface area contributed by atoms with Gasteiger partial charge in [-0.2, -0.15) is 4.68 Å². The van der Waals surface area contributed by atoms with E-state index in [4.69, 9.17) is 0 Å². The number of aromatic nitrogens is 2. The van der Waals surface area contributed by atoms with Crippen molar-refractivity contribution < 1.29 is 9.72 Å². The molecule has 1 N–H and O–H groups in total. The Labute approximate surface area is 117 Å². The molecule has 1 amide bonds. The molecule has 0 aromatic carbocycles. The Morgan fingerprint density at radius 2 is 2.20 bits per heavy atom. The lowest BCUT2D eigenvalue weighted by molar-refractivity contribution is -0.389. The zero-order valence-electron chi connectivity index (χ0n) is 11.9. The third-order valence-electron chi connectivity index (χ3n) is 2.99. The molecule has 0 saturated carbocycles. The van der Waals surface area contributed by atoms with Gasteiger partial charge in [0.1, 0.15) is 6.54 Å². The zero-order chi connectivity index (χ0) is 15.0. The van der Waals surface area contributed by atoms with Gasteiger partial charge in [0.2, 0.25) is 5.91 Å². The summed E-state index contributed by atoms with van der Waals surface area (Å²) in [4.78, 5) is 23.8. The first-order chi connectivity index (χ1) is 9.56. The van der Waals surface area contributed by atoms with Crippen LogP contribution in [0.4, 0.5) is 5.82 Å². The molecule has 1 aromatic heterocycles. The second-order valence-electron chi connectivity index (χ2n) is 4.36. The highest BCUT2D eigenvalue weighted by molar-refractivity contribution is 5.75. The third-order valence-corrected chi connectivity index (χ3v) is 2.99. The fourth-order valence-corrected chi connectivity index (χ4v) is 1.81. The van der Waals surface area contributed by atoms with Crippen molar-refractivity contribution in [3.8, 4) is 0 Å². The fourth-order valence-electron chi connectivity index (χ4n) is 1.81. The van der Waals surface area contributed by atoms with Crippen LogP contribution in [0.5, 0.6) is 0 Å². The minimum Gasteiger partial charge on any atom is -0.358 e. The average molecular weight is 283 g/mol. The Morgan fingerprint density at radius 1 is 1.50 bits per heavy atom. The maximum atomic E-state index is 11.6. The Bertz CT molecular complexity index is 442. The molecule has 1 heterocycles. The summed E-state index contributed by atoms with van der Waals surface area (Å²) >= 11 is 0. The van der Waals surface area contributed by atoms with Crippen molar-refractivity contribution in [2.75, 3.05) is 26.2 Å². The van der Waals surface area contributed by atoms with Gasteiger partial charge in [-0.3, -0.25) is 4.79 Å². The van der Waals surface area contributed by atoms with Crippen LogP contribution in [0.25, 0.3) is 0 Å². The first-order valence-electron chi connectivity index (χ1n) is 6.73. The number of carbonyl (C=O) groups is 1. The number of hydrogen-bond acceptors (Lipinski definition) is 5. The predicted molar refractivity (Wildman–Crippen MR) is 74.3 cm³/mol. The zero-order valence-corrected chi connectivity index (χ0v) is 11.9. The molecule has 0 radical (unpaired) electrons. The first kappa shape index (κ1) is 16.1. The molecule has 20 heavy (non-hydrogen) atoms. The molecule has 0 fully saturated rings. The van der Waals surface area contributed by atoms with E-state index < -0.39 is 4.92 Å². The number of nitrogens with one attached hydrogen (secondary N) is 1. The van der Waals surface area contributed by atoms with Crippen molar-refractivity contribution in [3.63, 3.8) is 0 Å². The smallest absolute Gasteiger partial charge is 0.358 e. The average Bonchev–Trinajstić information content (AvgIpc) is 2.87. The van der Waals surface area contributed by atoms with Crippen LogP contribution < -0.4 is 5.32 Å². The van der Waals surface area contributed by atoms with Crippen molar-refractivity contribution in [1.29, 1.82) is 0 Å². The van der Waals surface area contributed by atoms with Crippen LogP contribution in [0.2, 0.25) is 0 Å². The topological polar surface area (TPSA) is 93.3 Å². The van der Waals surface area contributed by atoms with E-state index in [-0.39, 0.29) is 18.3 Å². The molecular weight excluding hydrogens is 262 g/mol. The van der Waals surface area contributed by atoms with Crippen molar-refractivity contribution in [3.05, 3.63) is 22.4 Å². The highest BCUT2D eigenvalue weighted by atomic mass is 16.6. The van der Waals surface area contributed by atoms with Crippen LogP contribution in [0.15, 0.2) is 12.3 Å². The number of hydrogen-bond donors (Lipinski definition) is 1. The van der Waals surface area contributed by atoms with Crippen LogP contribution in [-0.4, -0.2) is 51.7 Å². The lowest BCUT2D eigenvalue weighted by Gasteiger charge is -2.17. The molecule has 112 valence electrons. The maximum absolute atomic E-state index is 11.6. The van der Waals surface area contributed by atoms with Crippen LogP contribution in [-0.2, 0) is 11.3 Å². The quantitative estimate of drug-likeness (QED) is 0.408. The molecule has 0 spiro atoms. The summed E-state index contributed by atoms with van der Waals surface area (Å²) < 4.78 is 1.26. The van der Waals surface area contributed by atoms with Crippen LogP contribution in [0, 0.1) is 10.1 Å². The lowest BCUT2D eigenvalue weighted by atomic mass is 10.3. The highest BCUT2D eigenvalue weighted by Crippen LogP contribution is 2.04. The summed E-state index contributed by atoms with van der Waals surface area (Å²) in [7, 11) is 0. The van der Waals surface area contributed by atoms with E-state index in [1.54, 1.807) is 0 Å². The standard InChI is InChI=1S/C12H21N5O3/c1-3-15(4-2)8-5-7-13-12(18)10-16-9-6-11(14-16)17(19)20/h6,9H,3-5,7-8,10H2,1-2H3,(H,13,18). The first-order valence-corrected chi connectivity index (χ1v) is 6.73. The van der Waals surface area contributed by atoms with Crippen LogP contribution >= 0.6 is 0 Å². The monoisotopic (exact) mass is 283 g/mol. The summed E-state index contributed by atoms with van der Waals surface area (Å²) in [6, 6.07) is 1.27. The molecule has 1 aromatic rings. The summed E-state index contributed by atoms with van der Waals surface area (Å²) in [5.74, 6) is -0.443. The summed E-state index contributed by atoms with van der Waals surface area (Å²) in [5, 5.41) is 16.9. The summed E-state index contributed by atoms with van der Waals surface area (Å²) in [6.45, 7) is 7.75. The maximum Gasteiger partial charge on any atom is 0.389 e. The number of rotatable bonds is 9. The van der Waals surface area contributed by atoms with Crippen molar-refractivity contribution in [2.45, 2.75) is 26.8 Å². The highest BCUT2D eigenvalue weighted by Gasteiger charge is 2.12. The number of carbonyl (C=O) groups excluding carboxylic acids is 1. The van der Waals surface area contributed by atoms with E-state index >= 15 is 0 Å². The van der Waals surface area contributed by atoms with E-state index in [2.05, 4.69) is 29.2 Å². The Balaban J connectivity index is 2.24. The second kappa shape index (κ2) is 8.26. The Kier molecular flexibility index (Phi) is 6.65. The van der Waals surface area contributed by atoms with Crippen LogP contribution in [0.3, 0.4) is 0 Å². The Morgan fingerprint density at radius 3 is 2.75 bits per heavy atom. The van der Waals surface area contributed by atoms with Gasteiger partial charge < -0.3 is 20.3 Å². The largest absolute Gasteiger partial charge is 0.389 e. The Hall–Kier alpha value is -1.96. The minimum atomic E-state index is -0.585. The molecule has 1 rings (SSSR count). The third kappa shape index (κ3) is 5.35. The summed E-state index contributed by atoms with van der Waals surface area (Å²) in [6.07, 6.45) is 2.31. The van der Waals surface area contributed by atoms with Crippen molar-refractivity contribution in [2.24, 2.45) is 0 Å². The van der Waals surface area contributed by atoms with Gasteiger partial charge >= 0.3 is 5.82 Å². The van der Waals surface area contributed by atoms with Crippen molar-refractivity contribution >= 4 is 11.7 Å². The number of nitro groups is 1. The van der Waals surface area contributed by atoms with Crippen LogP contribution in [0.1, 0.15) is 20.3 Å². The normalized spacial score (nSPS) is 10.8. The molecule has 8 heteroatoms. The number of amides is 1. The van der Waals surface area contributed by atoms with Gasteiger partial charge in [0.05, 0.1) is 17.4 Å². The van der Waals surface area contributed by atoms with E-state index in [1.165, 1.54) is 16.9 Å². The van der Waals surface area contributed by atoms with Gasteiger partial charge in [-0.05, 0) is 31.0 Å². The molecule has 0 saturated heterocycles. The van der Waals surface area contributed by atoms with Gasteiger partial charge in [-0.25, -0.2) is 0 Å². The van der Waals surface area contributed by atoms with Gasteiger partial charge in [0.25, 0.3) is 0 Å². The SMILES string of the molecule is CCN(CC)CCCNC(=O)Cn1ccc([N+](=O)[O-])n1. The van der Waals surface area contributed by atoms with Crippen molar-refractivity contribution in [1.82, 2.24) is 20.0 Å². The molecule has 0 unspecified atom stereocenters. The lowest BCUT2D eigenvalue weighted by Crippen LogP contribution is -2.31. The molecule has 0 aliphatic rings. The predicted octanol–water partition coefficient (Wildman–Crippen LogP) is 0.639. The molecule has 8 nitrogen and oxygen atoms in total. The van der Waals surface area contributed by atoms with E-state index in [9.17, 15) is 14.9 Å². The second-order valence-corrected chi connectivity index (χ2v) is 4.36. The van der Waals surface area contributed by atoms with Gasteiger partial charge in [-0.15, -0.1) is 0 Å². The molecular formula is C12H21N5O3. The minimum absolute atomic E-state index is 0.000883. The van der Waals surface area contributed by atoms with E-state index in [1.807, 2.05) is 0 Å². The van der Waals surface area contributed by atoms with Gasteiger partial charge in [0.15, 0.2) is 0 Å². The van der Waals surface area contributed by atoms with E-state index in [0.717, 1.165) is 26.1 Å². The molecule has 0 bridgehead atoms. The molecule has 0 aliphatic heterocycles. The molecule has 0 atom stereocenters. The van der Waals surface area contributed by atoms with Gasteiger partial charge in [0, 0.05) is 6.54 Å². The molecule has 0 aliphatic carbocycles. The fraction of sp³-hybridized carbons (Fsp3) is 0.667. The van der Waals surface area contributed by atoms with Gasteiger partial charge in [-0.1, -0.05) is 13.8 Å². The number of nitrogens with zero attached hydrogens (tertiary/aromatic N) is 4. The van der Waals surface area contributed by atoms with E-state index in [0.29, 0.717) is 6.54 Å². The summed E-state index contributed by atoms with van der Waals surface area (Å²) in [5.41, 5.74) is 0.